The van der Waals surface area contributed by atoms with Crippen molar-refractivity contribution in [2.75, 3.05) is 18.0 Å². The third kappa shape index (κ3) is 2.35. The fraction of sp³-hybridized carbons (Fsp3) is 0.364. The van der Waals surface area contributed by atoms with Crippen LogP contribution < -0.4 is 10.6 Å². The molecule has 1 aromatic rings. The van der Waals surface area contributed by atoms with Crippen LogP contribution in [-0.4, -0.2) is 23.9 Å². The molecule has 1 fully saturated rings. The minimum absolute atomic E-state index is 0.0689. The molecule has 0 radical (unpaired) electrons. The first kappa shape index (κ1) is 11.4. The van der Waals surface area contributed by atoms with Crippen molar-refractivity contribution in [3.63, 3.8) is 0 Å². The molecule has 2 N–H and O–H groups in total. The van der Waals surface area contributed by atoms with E-state index in [-0.39, 0.29) is 17.5 Å². The third-order valence-electron chi connectivity index (χ3n) is 3.02. The van der Waals surface area contributed by atoms with Crippen LogP contribution in [-0.2, 0) is 4.79 Å². The van der Waals surface area contributed by atoms with Crippen molar-refractivity contribution in [1.82, 2.24) is 0 Å². The second-order valence-corrected chi connectivity index (χ2v) is 4.11. The Morgan fingerprint density at radius 2 is 2.06 bits per heavy atom. The summed E-state index contributed by atoms with van der Waals surface area (Å²) < 4.78 is 0. The maximum absolute atomic E-state index is 11.0. The zero-order valence-corrected chi connectivity index (χ0v) is 9.20. The number of nitrogens with two attached hydrogens (primary N) is 1. The lowest BCUT2D eigenvalue weighted by Gasteiger charge is -2.17. The molecule has 1 aliphatic heterocycles. The Morgan fingerprint density at radius 1 is 1.41 bits per heavy atom. The fourth-order valence-electron chi connectivity index (χ4n) is 2.01. The second-order valence-electron chi connectivity index (χ2n) is 4.11. The van der Waals surface area contributed by atoms with Crippen LogP contribution >= 0.6 is 0 Å². The van der Waals surface area contributed by atoms with Gasteiger partial charge in [-0.3, -0.25) is 14.9 Å². The summed E-state index contributed by atoms with van der Waals surface area (Å²) >= 11 is 0. The van der Waals surface area contributed by atoms with Gasteiger partial charge in [-0.05, 0) is 18.6 Å². The molecular formula is C11H13N3O3. The number of carbonyl (C=O) groups is 1. The van der Waals surface area contributed by atoms with Gasteiger partial charge in [0.1, 0.15) is 0 Å². The Morgan fingerprint density at radius 3 is 2.53 bits per heavy atom. The van der Waals surface area contributed by atoms with Crippen molar-refractivity contribution in [2.24, 2.45) is 11.7 Å². The first-order chi connectivity index (χ1) is 8.08. The lowest BCUT2D eigenvalue weighted by Crippen LogP contribution is -2.27. The normalized spacial score (nSPS) is 19.3. The lowest BCUT2D eigenvalue weighted by atomic mass is 10.1. The van der Waals surface area contributed by atoms with E-state index in [0.29, 0.717) is 6.54 Å². The summed E-state index contributed by atoms with van der Waals surface area (Å²) in [6.45, 7) is 1.35. The van der Waals surface area contributed by atoms with E-state index in [0.717, 1.165) is 18.7 Å². The molecule has 6 nitrogen and oxygen atoms in total. The average molecular weight is 235 g/mol. The van der Waals surface area contributed by atoms with Crippen LogP contribution in [0.25, 0.3) is 0 Å². The molecule has 0 aromatic heterocycles. The topological polar surface area (TPSA) is 89.5 Å². The Hall–Kier alpha value is -2.11. The van der Waals surface area contributed by atoms with Gasteiger partial charge in [0.05, 0.1) is 10.8 Å². The Labute approximate surface area is 98.2 Å². The number of nitro benzene ring substituents is 1. The number of primary amides is 1. The highest BCUT2D eigenvalue weighted by molar-refractivity contribution is 5.78. The van der Waals surface area contributed by atoms with E-state index in [4.69, 9.17) is 5.73 Å². The molecule has 6 heteroatoms. The smallest absolute Gasteiger partial charge is 0.269 e. The van der Waals surface area contributed by atoms with E-state index < -0.39 is 4.92 Å². The van der Waals surface area contributed by atoms with Crippen molar-refractivity contribution < 1.29 is 9.72 Å². The summed E-state index contributed by atoms with van der Waals surface area (Å²) in [6, 6.07) is 6.32. The number of rotatable bonds is 3. The molecule has 1 heterocycles. The van der Waals surface area contributed by atoms with Gasteiger partial charge in [-0.15, -0.1) is 0 Å². The summed E-state index contributed by atoms with van der Waals surface area (Å²) in [5.41, 5.74) is 6.20. The molecule has 1 atom stereocenters. The molecule has 1 saturated heterocycles. The summed E-state index contributed by atoms with van der Waals surface area (Å²) in [4.78, 5) is 23.1. The van der Waals surface area contributed by atoms with E-state index in [1.807, 2.05) is 4.90 Å². The number of non-ortho nitro benzene ring substituents is 1. The van der Waals surface area contributed by atoms with Gasteiger partial charge in [0.15, 0.2) is 0 Å². The summed E-state index contributed by atoms with van der Waals surface area (Å²) in [5.74, 6) is -0.403. The van der Waals surface area contributed by atoms with Crippen LogP contribution in [0.15, 0.2) is 24.3 Å². The SMILES string of the molecule is NC(=O)C1CCN(c2ccc([N+](=O)[O-])cc2)C1. The van der Waals surface area contributed by atoms with Crippen molar-refractivity contribution in [2.45, 2.75) is 6.42 Å². The predicted molar refractivity (Wildman–Crippen MR) is 62.6 cm³/mol. The Bertz CT molecular complexity index is 444. The standard InChI is InChI=1S/C11H13N3O3/c12-11(15)8-5-6-13(7-8)9-1-3-10(4-2-9)14(16)17/h1-4,8H,5-7H2,(H2,12,15). The van der Waals surface area contributed by atoms with Gasteiger partial charge in [0, 0.05) is 30.9 Å². The van der Waals surface area contributed by atoms with Crippen LogP contribution in [0.1, 0.15) is 6.42 Å². The van der Waals surface area contributed by atoms with E-state index >= 15 is 0 Å². The molecule has 90 valence electrons. The summed E-state index contributed by atoms with van der Waals surface area (Å²) in [5, 5.41) is 10.5. The summed E-state index contributed by atoms with van der Waals surface area (Å²) in [7, 11) is 0. The molecule has 1 unspecified atom stereocenters. The van der Waals surface area contributed by atoms with E-state index in [1.54, 1.807) is 12.1 Å². The average Bonchev–Trinajstić information content (AvgIpc) is 2.78. The van der Waals surface area contributed by atoms with Crippen molar-refractivity contribution in [3.8, 4) is 0 Å². The van der Waals surface area contributed by atoms with E-state index in [1.165, 1.54) is 12.1 Å². The largest absolute Gasteiger partial charge is 0.371 e. The molecule has 0 bridgehead atoms. The minimum atomic E-state index is -0.431. The zero-order valence-electron chi connectivity index (χ0n) is 9.20. The number of anilines is 1. The van der Waals surface area contributed by atoms with Gasteiger partial charge in [-0.25, -0.2) is 0 Å². The highest BCUT2D eigenvalue weighted by Gasteiger charge is 2.26. The van der Waals surface area contributed by atoms with Crippen molar-refractivity contribution in [1.29, 1.82) is 0 Å². The molecule has 0 aliphatic carbocycles. The lowest BCUT2D eigenvalue weighted by molar-refractivity contribution is -0.384. The van der Waals surface area contributed by atoms with E-state index in [9.17, 15) is 14.9 Å². The van der Waals surface area contributed by atoms with Gasteiger partial charge in [-0.1, -0.05) is 0 Å². The quantitative estimate of drug-likeness (QED) is 0.622. The van der Waals surface area contributed by atoms with Crippen LogP contribution in [0.4, 0.5) is 11.4 Å². The van der Waals surface area contributed by atoms with Gasteiger partial charge in [0.2, 0.25) is 5.91 Å². The summed E-state index contributed by atoms with van der Waals surface area (Å²) in [6.07, 6.45) is 0.742. The fourth-order valence-corrected chi connectivity index (χ4v) is 2.01. The molecular weight excluding hydrogens is 222 g/mol. The number of amides is 1. The van der Waals surface area contributed by atoms with Crippen LogP contribution in [0.2, 0.25) is 0 Å². The number of hydrogen-bond acceptors (Lipinski definition) is 4. The molecule has 1 amide bonds. The van der Waals surface area contributed by atoms with Crippen molar-refractivity contribution >= 4 is 17.3 Å². The van der Waals surface area contributed by atoms with Crippen molar-refractivity contribution in [3.05, 3.63) is 34.4 Å². The highest BCUT2D eigenvalue weighted by Crippen LogP contribution is 2.25. The van der Waals surface area contributed by atoms with Crippen LogP contribution in [0.5, 0.6) is 0 Å². The van der Waals surface area contributed by atoms with Gasteiger partial charge in [-0.2, -0.15) is 0 Å². The minimum Gasteiger partial charge on any atom is -0.371 e. The molecule has 17 heavy (non-hydrogen) atoms. The van der Waals surface area contributed by atoms with E-state index in [2.05, 4.69) is 0 Å². The van der Waals surface area contributed by atoms with Gasteiger partial charge in [0.25, 0.3) is 5.69 Å². The first-order valence-electron chi connectivity index (χ1n) is 5.36. The molecule has 0 spiro atoms. The predicted octanol–water partition coefficient (Wildman–Crippen LogP) is 0.906. The number of nitro groups is 1. The highest BCUT2D eigenvalue weighted by atomic mass is 16.6. The Balaban J connectivity index is 2.09. The number of nitrogens with zero attached hydrogens (tertiary/aromatic N) is 2. The number of hydrogen-bond donors (Lipinski definition) is 1. The van der Waals surface area contributed by atoms with Gasteiger partial charge < -0.3 is 10.6 Å². The molecule has 2 rings (SSSR count). The molecule has 0 saturated carbocycles. The second kappa shape index (κ2) is 4.40. The third-order valence-corrected chi connectivity index (χ3v) is 3.02. The first-order valence-corrected chi connectivity index (χ1v) is 5.36. The van der Waals surface area contributed by atoms with Crippen LogP contribution in [0.3, 0.4) is 0 Å². The number of benzene rings is 1. The van der Waals surface area contributed by atoms with Crippen LogP contribution in [0, 0.1) is 16.0 Å². The molecule has 1 aliphatic rings. The number of carbonyl (C=O) groups excluding carboxylic acids is 1. The monoisotopic (exact) mass is 235 g/mol. The molecule has 1 aromatic carbocycles. The van der Waals surface area contributed by atoms with Gasteiger partial charge >= 0.3 is 0 Å². The zero-order chi connectivity index (χ0) is 12.4. The Kier molecular flexibility index (Phi) is 2.95. The maximum atomic E-state index is 11.0. The maximum Gasteiger partial charge on any atom is 0.269 e.